The van der Waals surface area contributed by atoms with Gasteiger partial charge >= 0.3 is 11.9 Å². The van der Waals surface area contributed by atoms with Crippen LogP contribution in [-0.4, -0.2) is 65.2 Å². The second-order valence-electron chi connectivity index (χ2n) is 9.59. The maximum absolute atomic E-state index is 13.9. The van der Waals surface area contributed by atoms with Gasteiger partial charge in [0.15, 0.2) is 6.10 Å². The lowest BCUT2D eigenvalue weighted by Gasteiger charge is -2.49. The zero-order chi connectivity index (χ0) is 30.2. The van der Waals surface area contributed by atoms with E-state index < -0.39 is 35.4 Å². The number of esters is 2. The average molecular weight is 619 g/mol. The topological polar surface area (TPSA) is 126 Å². The third-order valence-corrected chi connectivity index (χ3v) is 8.87. The summed E-state index contributed by atoms with van der Waals surface area (Å²) in [5.41, 5.74) is 4.65. The monoisotopic (exact) mass is 618 g/mol. The Morgan fingerprint density at radius 2 is 1.74 bits per heavy atom. The molecular weight excluding hydrogens is 588 g/mol. The van der Waals surface area contributed by atoms with Crippen molar-refractivity contribution in [2.24, 2.45) is 5.10 Å². The summed E-state index contributed by atoms with van der Waals surface area (Å²) in [5.74, 6) is -1.53. The molecule has 12 heteroatoms. The normalized spacial score (nSPS) is 17.8. The molecule has 2 aromatic carbocycles. The van der Waals surface area contributed by atoms with Gasteiger partial charge in [-0.1, -0.05) is 66.7 Å². The SMILES string of the molecule is CCOC(=O)CN/N=C/C1=C(C(=O)OC(c2ccccc2)c2ccccc2)N2C(=O)C(NC(=O)Cc3cccs3)[C@H]2SC1. The van der Waals surface area contributed by atoms with Gasteiger partial charge in [0.2, 0.25) is 5.91 Å². The van der Waals surface area contributed by atoms with Crippen molar-refractivity contribution in [2.75, 3.05) is 18.9 Å². The van der Waals surface area contributed by atoms with Gasteiger partial charge in [-0.25, -0.2) is 4.79 Å². The van der Waals surface area contributed by atoms with Gasteiger partial charge in [0.25, 0.3) is 5.91 Å². The van der Waals surface area contributed by atoms with Crippen LogP contribution in [0.5, 0.6) is 0 Å². The number of thioether (sulfide) groups is 1. The van der Waals surface area contributed by atoms with Crippen LogP contribution in [0.2, 0.25) is 0 Å². The molecule has 2 amide bonds. The third-order valence-electron chi connectivity index (χ3n) is 6.69. The summed E-state index contributed by atoms with van der Waals surface area (Å²) in [4.78, 5) is 54.0. The Bertz CT molecular complexity index is 1470. The number of hydrogen-bond acceptors (Lipinski definition) is 10. The molecule has 43 heavy (non-hydrogen) atoms. The molecule has 5 rings (SSSR count). The zero-order valence-electron chi connectivity index (χ0n) is 23.3. The minimum atomic E-state index is -0.778. The second kappa shape index (κ2) is 14.2. The highest BCUT2D eigenvalue weighted by atomic mass is 32.2. The molecule has 0 radical (unpaired) electrons. The first-order valence-electron chi connectivity index (χ1n) is 13.7. The molecule has 10 nitrogen and oxygen atoms in total. The minimum absolute atomic E-state index is 0.0519. The molecule has 2 aliphatic heterocycles. The van der Waals surface area contributed by atoms with E-state index in [4.69, 9.17) is 9.47 Å². The van der Waals surface area contributed by atoms with E-state index in [0.29, 0.717) is 11.3 Å². The molecule has 1 unspecified atom stereocenters. The summed E-state index contributed by atoms with van der Waals surface area (Å²) in [6.45, 7) is 1.80. The number of carbonyl (C=O) groups is 4. The summed E-state index contributed by atoms with van der Waals surface area (Å²) in [5, 5.41) is 8.34. The molecule has 0 bridgehead atoms. The predicted octanol–water partition coefficient (Wildman–Crippen LogP) is 3.42. The van der Waals surface area contributed by atoms with Crippen molar-refractivity contribution in [2.45, 2.75) is 30.9 Å². The van der Waals surface area contributed by atoms with Crippen LogP contribution in [0.4, 0.5) is 0 Å². The Morgan fingerprint density at radius 1 is 1.05 bits per heavy atom. The van der Waals surface area contributed by atoms with Gasteiger partial charge in [-0.05, 0) is 29.5 Å². The zero-order valence-corrected chi connectivity index (χ0v) is 24.9. The van der Waals surface area contributed by atoms with E-state index in [0.717, 1.165) is 16.0 Å². The van der Waals surface area contributed by atoms with E-state index in [9.17, 15) is 19.2 Å². The second-order valence-corrected chi connectivity index (χ2v) is 11.7. The van der Waals surface area contributed by atoms with Crippen LogP contribution in [-0.2, 0) is 35.1 Å². The summed E-state index contributed by atoms with van der Waals surface area (Å²) in [6, 6.07) is 21.6. The highest BCUT2D eigenvalue weighted by molar-refractivity contribution is 8.00. The van der Waals surface area contributed by atoms with Crippen LogP contribution in [0.15, 0.2) is 94.5 Å². The van der Waals surface area contributed by atoms with Crippen molar-refractivity contribution >= 4 is 53.1 Å². The first-order valence-corrected chi connectivity index (χ1v) is 15.6. The predicted molar refractivity (Wildman–Crippen MR) is 164 cm³/mol. The highest BCUT2D eigenvalue weighted by Gasteiger charge is 2.54. The number of amides is 2. The highest BCUT2D eigenvalue weighted by Crippen LogP contribution is 2.41. The molecular formula is C31H30N4O6S2. The number of β-lactam (4-membered cyclic amide) rings is 1. The van der Waals surface area contributed by atoms with E-state index in [1.54, 1.807) is 6.92 Å². The van der Waals surface area contributed by atoms with Crippen molar-refractivity contribution in [3.8, 4) is 0 Å². The molecule has 3 heterocycles. The van der Waals surface area contributed by atoms with Crippen LogP contribution < -0.4 is 10.7 Å². The molecule has 1 fully saturated rings. The summed E-state index contributed by atoms with van der Waals surface area (Å²) < 4.78 is 11.0. The lowest BCUT2D eigenvalue weighted by molar-refractivity contribution is -0.154. The smallest absolute Gasteiger partial charge is 0.356 e. The maximum atomic E-state index is 13.9. The standard InChI is InChI=1S/C31H30N4O6S2/c1-2-40-25(37)18-33-32-17-22-19-43-30-26(34-24(36)16-23-14-9-15-42-23)29(38)35(30)27(22)31(39)41-28(20-10-5-3-6-11-20)21-12-7-4-8-13-21/h3-15,17,26,28,30,33H,2,16,18-19H2,1H3,(H,34,36)/b32-17+/t26?,30-/m1/s1. The van der Waals surface area contributed by atoms with Gasteiger partial charge in [0.05, 0.1) is 19.2 Å². The van der Waals surface area contributed by atoms with Crippen molar-refractivity contribution < 1.29 is 28.7 Å². The molecule has 222 valence electrons. The molecule has 3 aromatic rings. The lowest BCUT2D eigenvalue weighted by atomic mass is 10.0. The number of hydrogen-bond donors (Lipinski definition) is 2. The summed E-state index contributed by atoms with van der Waals surface area (Å²) in [6.07, 6.45) is 0.853. The Balaban J connectivity index is 1.39. The molecule has 0 aliphatic carbocycles. The number of thiophene rings is 1. The van der Waals surface area contributed by atoms with Gasteiger partial charge in [-0.2, -0.15) is 5.10 Å². The molecule has 2 atom stereocenters. The van der Waals surface area contributed by atoms with Crippen LogP contribution in [0.25, 0.3) is 0 Å². The number of ether oxygens (including phenoxy) is 2. The first-order chi connectivity index (χ1) is 21.0. The number of rotatable bonds is 12. The molecule has 2 aliphatic rings. The number of nitrogens with one attached hydrogen (secondary N) is 2. The fourth-order valence-corrected chi connectivity index (χ4v) is 6.72. The Kier molecular flexibility index (Phi) is 9.90. The van der Waals surface area contributed by atoms with Crippen molar-refractivity contribution in [1.29, 1.82) is 0 Å². The fraction of sp³-hybridized carbons (Fsp3) is 0.258. The Labute approximate surface area is 257 Å². The van der Waals surface area contributed by atoms with Crippen LogP contribution in [0.3, 0.4) is 0 Å². The molecule has 1 saturated heterocycles. The number of benzene rings is 2. The van der Waals surface area contributed by atoms with Crippen LogP contribution >= 0.6 is 23.1 Å². The van der Waals surface area contributed by atoms with Crippen molar-refractivity contribution in [1.82, 2.24) is 15.6 Å². The molecule has 2 N–H and O–H groups in total. The first kappa shape index (κ1) is 30.1. The third kappa shape index (κ3) is 7.15. The Hall–Kier alpha value is -4.42. The van der Waals surface area contributed by atoms with Gasteiger partial charge in [-0.15, -0.1) is 23.1 Å². The van der Waals surface area contributed by atoms with Gasteiger partial charge in [0.1, 0.15) is 23.7 Å². The van der Waals surface area contributed by atoms with E-state index in [1.165, 1.54) is 34.2 Å². The molecule has 0 saturated carbocycles. The molecule has 0 spiro atoms. The number of nitrogens with zero attached hydrogens (tertiary/aromatic N) is 2. The van der Waals surface area contributed by atoms with E-state index >= 15 is 0 Å². The number of hydrazone groups is 1. The number of carbonyl (C=O) groups excluding carboxylic acids is 4. The van der Waals surface area contributed by atoms with Gasteiger partial charge < -0.3 is 14.8 Å². The van der Waals surface area contributed by atoms with Crippen molar-refractivity contribution in [3.05, 3.63) is 105 Å². The van der Waals surface area contributed by atoms with Gasteiger partial charge in [-0.3, -0.25) is 24.7 Å². The fourth-order valence-electron chi connectivity index (χ4n) is 4.72. The lowest BCUT2D eigenvalue weighted by Crippen LogP contribution is -2.70. The average Bonchev–Trinajstić information content (AvgIpc) is 3.54. The van der Waals surface area contributed by atoms with Gasteiger partial charge in [0, 0.05) is 16.2 Å². The van der Waals surface area contributed by atoms with E-state index in [-0.39, 0.29) is 31.2 Å². The quantitative estimate of drug-likeness (QED) is 0.137. The van der Waals surface area contributed by atoms with Crippen LogP contribution in [0.1, 0.15) is 29.0 Å². The van der Waals surface area contributed by atoms with Crippen molar-refractivity contribution in [3.63, 3.8) is 0 Å². The summed E-state index contributed by atoms with van der Waals surface area (Å²) in [7, 11) is 0. The number of fused-ring (bicyclic) bond motifs is 1. The maximum Gasteiger partial charge on any atom is 0.356 e. The van der Waals surface area contributed by atoms with E-state index in [2.05, 4.69) is 15.8 Å². The Morgan fingerprint density at radius 3 is 2.37 bits per heavy atom. The molecule has 1 aromatic heterocycles. The summed E-state index contributed by atoms with van der Waals surface area (Å²) >= 11 is 2.87. The van der Waals surface area contributed by atoms with Crippen LogP contribution in [0, 0.1) is 0 Å². The minimum Gasteiger partial charge on any atom is -0.465 e. The largest absolute Gasteiger partial charge is 0.465 e. The van der Waals surface area contributed by atoms with E-state index in [1.807, 2.05) is 78.2 Å².